The molecule has 0 atom stereocenters. The minimum atomic E-state index is -0.545. The van der Waals surface area contributed by atoms with Gasteiger partial charge >= 0.3 is 0 Å². The Kier molecular flexibility index (Phi) is 5.29. The Balaban J connectivity index is 1.80. The molecule has 0 aliphatic carbocycles. The predicted molar refractivity (Wildman–Crippen MR) is 113 cm³/mol. The standard InChI is InChI=1S/C17H14ClN3O2S3/c1-7-8(2)25-16(11(7)14(19)22)21-17(24)20-15(23)13-12(18)9-5-3-4-6-10(9)26-13/h3-6H,1-2H3,(H2,19,22)(H2,20,21,23,24). The highest BCUT2D eigenvalue weighted by Crippen LogP contribution is 2.35. The van der Waals surface area contributed by atoms with Crippen LogP contribution in [-0.4, -0.2) is 16.9 Å². The highest BCUT2D eigenvalue weighted by Gasteiger charge is 2.21. The summed E-state index contributed by atoms with van der Waals surface area (Å²) < 4.78 is 0.919. The summed E-state index contributed by atoms with van der Waals surface area (Å²) in [5, 5.41) is 7.30. The van der Waals surface area contributed by atoms with E-state index in [9.17, 15) is 9.59 Å². The smallest absolute Gasteiger partial charge is 0.269 e. The first kappa shape index (κ1) is 18.8. The van der Waals surface area contributed by atoms with E-state index < -0.39 is 11.8 Å². The fourth-order valence-corrected chi connectivity index (χ4v) is 5.21. The summed E-state index contributed by atoms with van der Waals surface area (Å²) in [5.41, 5.74) is 6.62. The fraction of sp³-hybridized carbons (Fsp3) is 0.118. The first-order valence-electron chi connectivity index (χ1n) is 7.48. The number of rotatable bonds is 3. The molecule has 3 rings (SSSR count). The molecule has 0 bridgehead atoms. The molecule has 26 heavy (non-hydrogen) atoms. The third kappa shape index (κ3) is 3.45. The van der Waals surface area contributed by atoms with Crippen molar-refractivity contribution in [1.29, 1.82) is 0 Å². The van der Waals surface area contributed by atoms with Gasteiger partial charge in [-0.15, -0.1) is 22.7 Å². The number of primary amides is 1. The van der Waals surface area contributed by atoms with E-state index >= 15 is 0 Å². The van der Waals surface area contributed by atoms with Crippen molar-refractivity contribution in [3.05, 3.63) is 50.2 Å². The summed E-state index contributed by atoms with van der Waals surface area (Å²) in [6, 6.07) is 7.50. The van der Waals surface area contributed by atoms with E-state index in [1.807, 2.05) is 38.1 Å². The molecule has 2 amide bonds. The number of hydrogen-bond acceptors (Lipinski definition) is 5. The quantitative estimate of drug-likeness (QED) is 0.543. The number of fused-ring (bicyclic) bond motifs is 1. The Morgan fingerprint density at radius 2 is 1.88 bits per heavy atom. The van der Waals surface area contributed by atoms with Crippen LogP contribution in [0.2, 0.25) is 5.02 Å². The zero-order valence-electron chi connectivity index (χ0n) is 13.8. The lowest BCUT2D eigenvalue weighted by Crippen LogP contribution is -2.34. The second-order valence-electron chi connectivity index (χ2n) is 5.50. The van der Waals surface area contributed by atoms with Crippen LogP contribution >= 0.6 is 46.5 Å². The zero-order chi connectivity index (χ0) is 19.0. The minimum Gasteiger partial charge on any atom is -0.365 e. The van der Waals surface area contributed by atoms with Gasteiger partial charge in [0.1, 0.15) is 9.88 Å². The summed E-state index contributed by atoms with van der Waals surface area (Å²) in [7, 11) is 0. The van der Waals surface area contributed by atoms with Crippen molar-refractivity contribution in [2.75, 3.05) is 5.32 Å². The molecule has 5 nitrogen and oxygen atoms in total. The molecule has 9 heteroatoms. The lowest BCUT2D eigenvalue weighted by molar-refractivity contribution is 0.0979. The second-order valence-corrected chi connectivity index (χ2v) is 8.56. The van der Waals surface area contributed by atoms with Crippen LogP contribution in [0.15, 0.2) is 24.3 Å². The number of carbonyl (C=O) groups excluding carboxylic acids is 2. The largest absolute Gasteiger partial charge is 0.365 e. The lowest BCUT2D eigenvalue weighted by atomic mass is 10.1. The number of hydrogen-bond donors (Lipinski definition) is 3. The summed E-state index contributed by atoms with van der Waals surface area (Å²) >= 11 is 14.2. The van der Waals surface area contributed by atoms with Crippen LogP contribution in [0.1, 0.15) is 30.5 Å². The molecule has 0 radical (unpaired) electrons. The van der Waals surface area contributed by atoms with Crippen molar-refractivity contribution in [1.82, 2.24) is 5.32 Å². The average molecular weight is 424 g/mol. The van der Waals surface area contributed by atoms with Gasteiger partial charge in [-0.3, -0.25) is 14.9 Å². The Morgan fingerprint density at radius 1 is 1.19 bits per heavy atom. The number of halogens is 1. The van der Waals surface area contributed by atoms with Gasteiger partial charge in [-0.25, -0.2) is 0 Å². The van der Waals surface area contributed by atoms with E-state index in [1.54, 1.807) is 0 Å². The van der Waals surface area contributed by atoms with Gasteiger partial charge in [-0.1, -0.05) is 29.8 Å². The van der Waals surface area contributed by atoms with E-state index in [2.05, 4.69) is 10.6 Å². The van der Waals surface area contributed by atoms with Gasteiger partial charge < -0.3 is 11.1 Å². The van der Waals surface area contributed by atoms with Crippen LogP contribution in [0.5, 0.6) is 0 Å². The van der Waals surface area contributed by atoms with Gasteiger partial charge in [-0.05, 0) is 37.7 Å². The van der Waals surface area contributed by atoms with Crippen molar-refractivity contribution < 1.29 is 9.59 Å². The molecule has 1 aromatic carbocycles. The molecule has 134 valence electrons. The third-order valence-electron chi connectivity index (χ3n) is 3.83. The number of anilines is 1. The number of carbonyl (C=O) groups is 2. The molecule has 0 aliphatic rings. The van der Waals surface area contributed by atoms with Crippen molar-refractivity contribution >= 4 is 78.5 Å². The number of aryl methyl sites for hydroxylation is 1. The van der Waals surface area contributed by atoms with Crippen LogP contribution in [-0.2, 0) is 0 Å². The highest BCUT2D eigenvalue weighted by molar-refractivity contribution is 7.80. The number of benzene rings is 1. The van der Waals surface area contributed by atoms with Gasteiger partial charge in [0.15, 0.2) is 5.11 Å². The number of amides is 2. The monoisotopic (exact) mass is 423 g/mol. The first-order chi connectivity index (χ1) is 12.3. The molecule has 4 N–H and O–H groups in total. The molecule has 2 heterocycles. The molecule has 2 aromatic heterocycles. The van der Waals surface area contributed by atoms with Gasteiger partial charge in [0.2, 0.25) is 0 Å². The van der Waals surface area contributed by atoms with Crippen LogP contribution in [0, 0.1) is 13.8 Å². The van der Waals surface area contributed by atoms with Gasteiger partial charge in [-0.2, -0.15) is 0 Å². The maximum atomic E-state index is 12.5. The average Bonchev–Trinajstić information content (AvgIpc) is 3.05. The van der Waals surface area contributed by atoms with Crippen LogP contribution in [0.3, 0.4) is 0 Å². The Bertz CT molecular complexity index is 1060. The molecule has 0 aliphatic heterocycles. The Morgan fingerprint density at radius 3 is 2.54 bits per heavy atom. The molecule has 0 unspecified atom stereocenters. The maximum Gasteiger partial charge on any atom is 0.269 e. The Hall–Kier alpha value is -2.00. The summed E-state index contributed by atoms with van der Waals surface area (Å²) in [6.07, 6.45) is 0. The first-order valence-corrected chi connectivity index (χ1v) is 9.90. The van der Waals surface area contributed by atoms with E-state index in [0.717, 1.165) is 20.5 Å². The van der Waals surface area contributed by atoms with Crippen molar-refractivity contribution in [3.8, 4) is 0 Å². The van der Waals surface area contributed by atoms with Crippen LogP contribution < -0.4 is 16.4 Å². The number of thiophene rings is 2. The topological polar surface area (TPSA) is 84.2 Å². The summed E-state index contributed by atoms with van der Waals surface area (Å²) in [5.74, 6) is -0.949. The van der Waals surface area contributed by atoms with E-state index in [0.29, 0.717) is 20.5 Å². The zero-order valence-corrected chi connectivity index (χ0v) is 17.0. The molecule has 0 spiro atoms. The summed E-state index contributed by atoms with van der Waals surface area (Å²) in [4.78, 5) is 25.5. The van der Waals surface area contributed by atoms with Crippen molar-refractivity contribution in [2.24, 2.45) is 5.73 Å². The number of nitrogens with one attached hydrogen (secondary N) is 2. The van der Waals surface area contributed by atoms with Gasteiger partial charge in [0.05, 0.1) is 10.6 Å². The maximum absolute atomic E-state index is 12.5. The molecule has 0 saturated heterocycles. The van der Waals surface area contributed by atoms with E-state index in [1.165, 1.54) is 22.7 Å². The summed E-state index contributed by atoms with van der Waals surface area (Å²) in [6.45, 7) is 3.70. The van der Waals surface area contributed by atoms with E-state index in [-0.39, 0.29) is 5.11 Å². The molecule has 0 fully saturated rings. The fourth-order valence-electron chi connectivity index (χ4n) is 2.47. The van der Waals surface area contributed by atoms with E-state index in [4.69, 9.17) is 29.6 Å². The minimum absolute atomic E-state index is 0.0762. The number of thiocarbonyl (C=S) groups is 1. The number of nitrogens with two attached hydrogens (primary N) is 1. The second kappa shape index (κ2) is 7.32. The molecule has 3 aromatic rings. The predicted octanol–water partition coefficient (Wildman–Crippen LogP) is 4.46. The van der Waals surface area contributed by atoms with Crippen LogP contribution in [0.25, 0.3) is 10.1 Å². The molecular formula is C17H14ClN3O2S3. The van der Waals surface area contributed by atoms with Gasteiger partial charge in [0, 0.05) is 15.0 Å². The Labute approximate surface area is 168 Å². The molecular weight excluding hydrogens is 410 g/mol. The third-order valence-corrected chi connectivity index (χ3v) is 6.83. The van der Waals surface area contributed by atoms with Crippen molar-refractivity contribution in [2.45, 2.75) is 13.8 Å². The highest BCUT2D eigenvalue weighted by atomic mass is 35.5. The SMILES string of the molecule is Cc1sc(NC(=S)NC(=O)c2sc3ccccc3c2Cl)c(C(N)=O)c1C. The molecule has 0 saturated carbocycles. The normalized spacial score (nSPS) is 10.7. The lowest BCUT2D eigenvalue weighted by Gasteiger charge is -2.09. The van der Waals surface area contributed by atoms with Crippen molar-refractivity contribution in [3.63, 3.8) is 0 Å². The van der Waals surface area contributed by atoms with Crippen LogP contribution in [0.4, 0.5) is 5.00 Å². The van der Waals surface area contributed by atoms with Gasteiger partial charge in [0.25, 0.3) is 11.8 Å².